The highest BCUT2D eigenvalue weighted by Gasteiger charge is 2.32. The highest BCUT2D eigenvalue weighted by molar-refractivity contribution is 6.34. The van der Waals surface area contributed by atoms with Gasteiger partial charge in [0.1, 0.15) is 0 Å². The molecule has 0 aliphatic rings. The van der Waals surface area contributed by atoms with Crippen molar-refractivity contribution in [2.75, 3.05) is 5.32 Å². The van der Waals surface area contributed by atoms with Crippen molar-refractivity contribution in [3.05, 3.63) is 63.1 Å². The minimum absolute atomic E-state index is 0.193. The summed E-state index contributed by atoms with van der Waals surface area (Å²) in [5.74, 6) is 0. The SMILES string of the molecule is Cc1ccc(NCc2cc(Cl)cc(Cl)c2)cc1C(F)(F)F. The molecule has 1 nitrogen and oxygen atoms in total. The third kappa shape index (κ3) is 4.29. The molecular weight excluding hydrogens is 322 g/mol. The van der Waals surface area contributed by atoms with Crippen molar-refractivity contribution in [3.63, 3.8) is 0 Å². The lowest BCUT2D eigenvalue weighted by Gasteiger charge is -2.13. The molecule has 0 saturated carbocycles. The average Bonchev–Trinajstić information content (AvgIpc) is 2.35. The zero-order valence-corrected chi connectivity index (χ0v) is 12.6. The summed E-state index contributed by atoms with van der Waals surface area (Å²) >= 11 is 11.8. The molecule has 0 aliphatic heterocycles. The van der Waals surface area contributed by atoms with Crippen LogP contribution in [0.3, 0.4) is 0 Å². The first kappa shape index (κ1) is 16.0. The standard InChI is InChI=1S/C15H12Cl2F3N/c1-9-2-3-13(7-14(9)15(18,19)20)21-8-10-4-11(16)6-12(17)5-10/h2-7,21H,8H2,1H3. The molecule has 21 heavy (non-hydrogen) atoms. The van der Waals surface area contributed by atoms with E-state index in [1.165, 1.54) is 13.0 Å². The third-order valence-corrected chi connectivity index (χ3v) is 3.40. The van der Waals surface area contributed by atoms with E-state index in [1.807, 2.05) is 0 Å². The largest absolute Gasteiger partial charge is 0.416 e. The van der Waals surface area contributed by atoms with Crippen LogP contribution in [-0.4, -0.2) is 0 Å². The highest BCUT2D eigenvalue weighted by atomic mass is 35.5. The Morgan fingerprint density at radius 3 is 2.19 bits per heavy atom. The van der Waals surface area contributed by atoms with Gasteiger partial charge in [0.2, 0.25) is 0 Å². The van der Waals surface area contributed by atoms with Crippen LogP contribution in [0.25, 0.3) is 0 Å². The van der Waals surface area contributed by atoms with E-state index in [4.69, 9.17) is 23.2 Å². The van der Waals surface area contributed by atoms with Crippen LogP contribution in [0.1, 0.15) is 16.7 Å². The van der Waals surface area contributed by atoms with E-state index in [-0.39, 0.29) is 5.56 Å². The maximum atomic E-state index is 12.8. The molecule has 2 aromatic carbocycles. The smallest absolute Gasteiger partial charge is 0.381 e. The van der Waals surface area contributed by atoms with Gasteiger partial charge in [0.25, 0.3) is 0 Å². The molecule has 0 amide bonds. The normalized spacial score (nSPS) is 11.5. The molecular formula is C15H12Cl2F3N. The summed E-state index contributed by atoms with van der Waals surface area (Å²) in [5, 5.41) is 3.91. The van der Waals surface area contributed by atoms with Gasteiger partial charge in [-0.05, 0) is 48.4 Å². The van der Waals surface area contributed by atoms with Crippen molar-refractivity contribution in [2.24, 2.45) is 0 Å². The number of rotatable bonds is 3. The Morgan fingerprint density at radius 2 is 1.62 bits per heavy atom. The summed E-state index contributed by atoms with van der Waals surface area (Å²) in [6.45, 7) is 1.77. The Hall–Kier alpha value is -1.39. The van der Waals surface area contributed by atoms with Crippen LogP contribution in [0.2, 0.25) is 10.0 Å². The van der Waals surface area contributed by atoms with Gasteiger partial charge in [-0.1, -0.05) is 29.3 Å². The van der Waals surface area contributed by atoms with Gasteiger partial charge in [-0.15, -0.1) is 0 Å². The van der Waals surface area contributed by atoms with Crippen LogP contribution < -0.4 is 5.32 Å². The van der Waals surface area contributed by atoms with E-state index in [2.05, 4.69) is 5.32 Å². The van der Waals surface area contributed by atoms with Crippen molar-refractivity contribution in [1.29, 1.82) is 0 Å². The second-order valence-corrected chi connectivity index (χ2v) is 5.53. The minimum atomic E-state index is -4.36. The fraction of sp³-hybridized carbons (Fsp3) is 0.200. The molecule has 2 rings (SSSR count). The zero-order chi connectivity index (χ0) is 15.6. The third-order valence-electron chi connectivity index (χ3n) is 2.96. The predicted octanol–water partition coefficient (Wildman–Crippen LogP) is 5.93. The summed E-state index contributed by atoms with van der Waals surface area (Å²) in [6, 6.07) is 9.16. The van der Waals surface area contributed by atoms with Crippen LogP contribution in [0, 0.1) is 6.92 Å². The molecule has 0 unspecified atom stereocenters. The second-order valence-electron chi connectivity index (χ2n) is 4.66. The minimum Gasteiger partial charge on any atom is -0.381 e. The summed E-state index contributed by atoms with van der Waals surface area (Å²) in [6.07, 6.45) is -4.36. The van der Waals surface area contributed by atoms with E-state index >= 15 is 0 Å². The molecule has 0 aliphatic carbocycles. The first-order chi connectivity index (χ1) is 9.75. The van der Waals surface area contributed by atoms with E-state index < -0.39 is 11.7 Å². The first-order valence-corrected chi connectivity index (χ1v) is 6.88. The number of anilines is 1. The number of hydrogen-bond acceptors (Lipinski definition) is 1. The quantitative estimate of drug-likeness (QED) is 0.733. The van der Waals surface area contributed by atoms with Crippen LogP contribution in [0.4, 0.5) is 18.9 Å². The van der Waals surface area contributed by atoms with Gasteiger partial charge >= 0.3 is 6.18 Å². The molecule has 0 heterocycles. The lowest BCUT2D eigenvalue weighted by molar-refractivity contribution is -0.138. The van der Waals surface area contributed by atoms with E-state index in [0.29, 0.717) is 22.3 Å². The fourth-order valence-corrected chi connectivity index (χ4v) is 2.53. The average molecular weight is 334 g/mol. The number of hydrogen-bond donors (Lipinski definition) is 1. The number of halogens is 5. The topological polar surface area (TPSA) is 12.0 Å². The summed E-state index contributed by atoms with van der Waals surface area (Å²) < 4.78 is 38.5. The monoisotopic (exact) mass is 333 g/mol. The number of alkyl halides is 3. The molecule has 0 atom stereocenters. The van der Waals surface area contributed by atoms with Gasteiger partial charge in [-0.3, -0.25) is 0 Å². The van der Waals surface area contributed by atoms with Crippen LogP contribution in [0.15, 0.2) is 36.4 Å². The van der Waals surface area contributed by atoms with Crippen molar-refractivity contribution in [3.8, 4) is 0 Å². The molecule has 2 aromatic rings. The van der Waals surface area contributed by atoms with Crippen molar-refractivity contribution >= 4 is 28.9 Å². The van der Waals surface area contributed by atoms with Crippen LogP contribution >= 0.6 is 23.2 Å². The number of benzene rings is 2. The molecule has 1 N–H and O–H groups in total. The lowest BCUT2D eigenvalue weighted by Crippen LogP contribution is -2.09. The Bertz CT molecular complexity index is 634. The Labute approximate surface area is 130 Å². The van der Waals surface area contributed by atoms with Crippen LogP contribution in [0.5, 0.6) is 0 Å². The van der Waals surface area contributed by atoms with Crippen molar-refractivity contribution < 1.29 is 13.2 Å². The zero-order valence-electron chi connectivity index (χ0n) is 11.1. The van der Waals surface area contributed by atoms with E-state index in [9.17, 15) is 13.2 Å². The summed E-state index contributed by atoms with van der Waals surface area (Å²) in [7, 11) is 0. The molecule has 0 fully saturated rings. The lowest BCUT2D eigenvalue weighted by atomic mass is 10.1. The van der Waals surface area contributed by atoms with E-state index in [0.717, 1.165) is 11.6 Å². The first-order valence-electron chi connectivity index (χ1n) is 6.12. The molecule has 0 aromatic heterocycles. The Balaban J connectivity index is 2.17. The predicted molar refractivity (Wildman–Crippen MR) is 80.0 cm³/mol. The molecule has 0 bridgehead atoms. The van der Waals surface area contributed by atoms with Crippen molar-refractivity contribution in [2.45, 2.75) is 19.6 Å². The van der Waals surface area contributed by atoms with Gasteiger partial charge < -0.3 is 5.32 Å². The Kier molecular flexibility index (Phi) is 4.69. The van der Waals surface area contributed by atoms with Crippen LogP contribution in [-0.2, 0) is 12.7 Å². The van der Waals surface area contributed by atoms with Gasteiger partial charge in [0.05, 0.1) is 5.56 Å². The molecule has 6 heteroatoms. The van der Waals surface area contributed by atoms with Gasteiger partial charge in [0.15, 0.2) is 0 Å². The summed E-state index contributed by atoms with van der Waals surface area (Å²) in [5.41, 5.74) is 0.737. The van der Waals surface area contributed by atoms with Gasteiger partial charge in [-0.2, -0.15) is 13.2 Å². The van der Waals surface area contributed by atoms with Crippen molar-refractivity contribution in [1.82, 2.24) is 0 Å². The second kappa shape index (κ2) is 6.16. The fourth-order valence-electron chi connectivity index (χ4n) is 1.95. The van der Waals surface area contributed by atoms with E-state index in [1.54, 1.807) is 24.3 Å². The molecule has 0 radical (unpaired) electrons. The van der Waals surface area contributed by atoms with Gasteiger partial charge in [0, 0.05) is 22.3 Å². The van der Waals surface area contributed by atoms with Gasteiger partial charge in [-0.25, -0.2) is 0 Å². The maximum absolute atomic E-state index is 12.8. The Morgan fingerprint density at radius 1 is 1.00 bits per heavy atom. The molecule has 0 saturated heterocycles. The number of aryl methyl sites for hydroxylation is 1. The molecule has 0 spiro atoms. The molecule has 112 valence electrons. The maximum Gasteiger partial charge on any atom is 0.416 e. The highest BCUT2D eigenvalue weighted by Crippen LogP contribution is 2.33. The summed E-state index contributed by atoms with van der Waals surface area (Å²) in [4.78, 5) is 0. The number of nitrogens with one attached hydrogen (secondary N) is 1.